The molecule has 1 amide bonds. The van der Waals surface area contributed by atoms with Crippen molar-refractivity contribution < 1.29 is 31.1 Å². The highest BCUT2D eigenvalue weighted by Crippen LogP contribution is 2.30. The van der Waals surface area contributed by atoms with Gasteiger partial charge in [-0.2, -0.15) is 0 Å². The Labute approximate surface area is 141 Å². The quantitative estimate of drug-likeness (QED) is 0.842. The van der Waals surface area contributed by atoms with Crippen LogP contribution in [0.2, 0.25) is 0 Å². The maximum Gasteiger partial charge on any atom is 0.573 e. The van der Waals surface area contributed by atoms with E-state index in [1.165, 1.54) is 42.5 Å². The molecule has 0 aliphatic rings. The molecule has 2 aromatic rings. The molecule has 0 radical (unpaired) electrons. The first-order valence-corrected chi connectivity index (χ1v) is 8.67. The molecular formula is C15H13F3N2O4S. The van der Waals surface area contributed by atoms with E-state index in [0.29, 0.717) is 0 Å². The maximum atomic E-state index is 12.4. The normalized spacial score (nSPS) is 11.7. The van der Waals surface area contributed by atoms with Gasteiger partial charge in [-0.25, -0.2) is 8.42 Å². The number of para-hydroxylation sites is 2. The summed E-state index contributed by atoms with van der Waals surface area (Å²) in [6.07, 6.45) is -3.95. The number of amides is 1. The first kappa shape index (κ1) is 18.6. The van der Waals surface area contributed by atoms with E-state index in [1.807, 2.05) is 0 Å². The minimum Gasteiger partial charge on any atom is -0.404 e. The average Bonchev–Trinajstić information content (AvgIpc) is 2.46. The van der Waals surface area contributed by atoms with Crippen LogP contribution in [0.4, 0.5) is 24.5 Å². The lowest BCUT2D eigenvalue weighted by Crippen LogP contribution is -2.19. The molecule has 0 spiro atoms. The summed E-state index contributed by atoms with van der Waals surface area (Å²) in [6.45, 7) is 0. The van der Waals surface area contributed by atoms with Gasteiger partial charge in [-0.1, -0.05) is 18.2 Å². The summed E-state index contributed by atoms with van der Waals surface area (Å²) in [5.74, 6) is -1.29. The van der Waals surface area contributed by atoms with Gasteiger partial charge in [0.25, 0.3) is 5.91 Å². The van der Waals surface area contributed by atoms with E-state index in [9.17, 15) is 26.4 Å². The summed E-state index contributed by atoms with van der Waals surface area (Å²) in [5, 5.41) is 2.30. The zero-order valence-electron chi connectivity index (χ0n) is 12.8. The number of hydrogen-bond donors (Lipinski definition) is 2. The van der Waals surface area contributed by atoms with E-state index in [2.05, 4.69) is 14.8 Å². The molecule has 2 aromatic carbocycles. The van der Waals surface area contributed by atoms with Gasteiger partial charge in [0.1, 0.15) is 0 Å². The van der Waals surface area contributed by atoms with Crippen molar-refractivity contribution in [3.63, 3.8) is 0 Å². The highest BCUT2D eigenvalue weighted by molar-refractivity contribution is 7.92. The highest BCUT2D eigenvalue weighted by Gasteiger charge is 2.32. The Balaban J connectivity index is 2.22. The number of sulfonamides is 1. The molecule has 10 heteroatoms. The Hall–Kier alpha value is -2.75. The van der Waals surface area contributed by atoms with E-state index < -0.39 is 28.0 Å². The van der Waals surface area contributed by atoms with Crippen LogP contribution >= 0.6 is 0 Å². The zero-order chi connectivity index (χ0) is 18.7. The van der Waals surface area contributed by atoms with E-state index in [4.69, 9.17) is 0 Å². The minimum atomic E-state index is -4.90. The Morgan fingerprint density at radius 3 is 2.40 bits per heavy atom. The fourth-order valence-electron chi connectivity index (χ4n) is 1.92. The van der Waals surface area contributed by atoms with Gasteiger partial charge in [-0.05, 0) is 30.3 Å². The van der Waals surface area contributed by atoms with E-state index in [0.717, 1.165) is 12.3 Å². The Morgan fingerprint density at radius 1 is 1.08 bits per heavy atom. The van der Waals surface area contributed by atoms with Crippen molar-refractivity contribution in [2.24, 2.45) is 0 Å². The third kappa shape index (κ3) is 5.99. The van der Waals surface area contributed by atoms with Gasteiger partial charge in [-0.15, -0.1) is 13.2 Å². The Morgan fingerprint density at radius 2 is 1.76 bits per heavy atom. The van der Waals surface area contributed by atoms with Crippen molar-refractivity contribution in [1.29, 1.82) is 0 Å². The average molecular weight is 374 g/mol. The van der Waals surface area contributed by atoms with Crippen molar-refractivity contribution in [3.05, 3.63) is 54.1 Å². The summed E-state index contributed by atoms with van der Waals surface area (Å²) < 4.78 is 65.7. The molecule has 2 rings (SSSR count). The fourth-order valence-corrected chi connectivity index (χ4v) is 2.47. The van der Waals surface area contributed by atoms with Crippen molar-refractivity contribution in [2.45, 2.75) is 6.36 Å². The summed E-state index contributed by atoms with van der Waals surface area (Å²) in [6, 6.07) is 10.6. The number of nitrogens with one attached hydrogen (secondary N) is 2. The molecule has 134 valence electrons. The predicted molar refractivity (Wildman–Crippen MR) is 86.0 cm³/mol. The molecule has 0 fully saturated rings. The number of carbonyl (C=O) groups is 1. The summed E-state index contributed by atoms with van der Waals surface area (Å²) in [4.78, 5) is 12.2. The number of anilines is 2. The van der Waals surface area contributed by atoms with Crippen LogP contribution in [0.5, 0.6) is 5.75 Å². The van der Waals surface area contributed by atoms with Gasteiger partial charge in [0.05, 0.1) is 11.9 Å². The summed E-state index contributed by atoms with van der Waals surface area (Å²) in [5.41, 5.74) is 0.0248. The van der Waals surface area contributed by atoms with E-state index in [-0.39, 0.29) is 16.9 Å². The molecule has 0 saturated carbocycles. The molecule has 0 aromatic heterocycles. The molecule has 25 heavy (non-hydrogen) atoms. The molecule has 0 unspecified atom stereocenters. The second-order valence-corrected chi connectivity index (χ2v) is 6.70. The number of rotatable bonds is 5. The van der Waals surface area contributed by atoms with Crippen LogP contribution in [0.1, 0.15) is 10.4 Å². The minimum absolute atomic E-state index is 0.0514. The standard InChI is InChI=1S/C15H13F3N2O4S/c1-25(22,23)20-11-6-4-5-10(9-11)14(21)19-12-7-2-3-8-13(12)24-15(16,17)18/h2-9,20H,1H3,(H,19,21). The molecular weight excluding hydrogens is 361 g/mol. The van der Waals surface area contributed by atoms with Crippen LogP contribution in [0, 0.1) is 0 Å². The Bertz CT molecular complexity index is 882. The number of alkyl halides is 3. The molecule has 0 aliphatic carbocycles. The lowest BCUT2D eigenvalue weighted by Gasteiger charge is -2.14. The third-order valence-electron chi connectivity index (χ3n) is 2.79. The van der Waals surface area contributed by atoms with Crippen molar-refractivity contribution >= 4 is 27.3 Å². The van der Waals surface area contributed by atoms with Gasteiger partial charge in [0.15, 0.2) is 5.75 Å². The first-order valence-electron chi connectivity index (χ1n) is 6.77. The zero-order valence-corrected chi connectivity index (χ0v) is 13.6. The second kappa shape index (κ2) is 7.01. The Kier molecular flexibility index (Phi) is 5.21. The third-order valence-corrected chi connectivity index (χ3v) is 3.40. The SMILES string of the molecule is CS(=O)(=O)Nc1cccc(C(=O)Nc2ccccc2OC(F)(F)F)c1. The van der Waals surface area contributed by atoms with Crippen LogP contribution in [-0.2, 0) is 10.0 Å². The smallest absolute Gasteiger partial charge is 0.404 e. The van der Waals surface area contributed by atoms with Crippen LogP contribution in [-0.4, -0.2) is 26.9 Å². The predicted octanol–water partition coefficient (Wildman–Crippen LogP) is 3.21. The lowest BCUT2D eigenvalue weighted by atomic mass is 10.2. The van der Waals surface area contributed by atoms with Gasteiger partial charge < -0.3 is 10.1 Å². The van der Waals surface area contributed by atoms with E-state index >= 15 is 0 Å². The monoisotopic (exact) mass is 374 g/mol. The van der Waals surface area contributed by atoms with Crippen LogP contribution in [0.15, 0.2) is 48.5 Å². The molecule has 6 nitrogen and oxygen atoms in total. The van der Waals surface area contributed by atoms with Gasteiger partial charge >= 0.3 is 6.36 Å². The van der Waals surface area contributed by atoms with Gasteiger partial charge in [0.2, 0.25) is 10.0 Å². The number of benzene rings is 2. The topological polar surface area (TPSA) is 84.5 Å². The number of hydrogen-bond acceptors (Lipinski definition) is 4. The van der Waals surface area contributed by atoms with E-state index in [1.54, 1.807) is 0 Å². The maximum absolute atomic E-state index is 12.4. The first-order chi connectivity index (χ1) is 11.5. The summed E-state index contributed by atoms with van der Waals surface area (Å²) in [7, 11) is -3.53. The van der Waals surface area contributed by atoms with Crippen molar-refractivity contribution in [2.75, 3.05) is 16.3 Å². The number of ether oxygens (including phenoxy) is 1. The lowest BCUT2D eigenvalue weighted by molar-refractivity contribution is -0.274. The second-order valence-electron chi connectivity index (χ2n) is 4.95. The highest BCUT2D eigenvalue weighted by atomic mass is 32.2. The van der Waals surface area contributed by atoms with Crippen molar-refractivity contribution in [3.8, 4) is 5.75 Å². The molecule has 0 bridgehead atoms. The molecule has 0 heterocycles. The number of carbonyl (C=O) groups excluding carboxylic acids is 1. The largest absolute Gasteiger partial charge is 0.573 e. The van der Waals surface area contributed by atoms with Crippen LogP contribution in [0.25, 0.3) is 0 Å². The van der Waals surface area contributed by atoms with Crippen molar-refractivity contribution in [1.82, 2.24) is 0 Å². The molecule has 0 aliphatic heterocycles. The van der Waals surface area contributed by atoms with Gasteiger partial charge in [-0.3, -0.25) is 9.52 Å². The fraction of sp³-hybridized carbons (Fsp3) is 0.133. The van der Waals surface area contributed by atoms with Crippen LogP contribution in [0.3, 0.4) is 0 Å². The molecule has 2 N–H and O–H groups in total. The number of halogens is 3. The summed E-state index contributed by atoms with van der Waals surface area (Å²) >= 11 is 0. The molecule has 0 atom stereocenters. The molecule has 0 saturated heterocycles. The van der Waals surface area contributed by atoms with Crippen LogP contribution < -0.4 is 14.8 Å². The van der Waals surface area contributed by atoms with Gasteiger partial charge in [0, 0.05) is 11.3 Å².